The Hall–Kier alpha value is -1.77. The van der Waals surface area contributed by atoms with Crippen LogP contribution in [0.25, 0.3) is 4.96 Å². The van der Waals surface area contributed by atoms with E-state index in [2.05, 4.69) is 20.2 Å². The molecule has 0 bridgehead atoms. The summed E-state index contributed by atoms with van der Waals surface area (Å²) in [6.07, 6.45) is 8.00. The lowest BCUT2D eigenvalue weighted by molar-refractivity contribution is -0.115. The number of amides is 1. The molecule has 3 aromatic rings. The highest BCUT2D eigenvalue weighted by Crippen LogP contribution is 2.19. The third kappa shape index (κ3) is 3.66. The Morgan fingerprint density at radius 3 is 2.88 bits per heavy atom. The van der Waals surface area contributed by atoms with Crippen molar-refractivity contribution < 1.29 is 4.79 Å². The number of likely N-dealkylation sites (tertiary alicyclic amines) is 1. The van der Waals surface area contributed by atoms with Gasteiger partial charge in [0.1, 0.15) is 0 Å². The van der Waals surface area contributed by atoms with Gasteiger partial charge < -0.3 is 5.32 Å². The molecule has 0 unspecified atom stereocenters. The Morgan fingerprint density at radius 2 is 2.04 bits per heavy atom. The molecular weight excluding hydrogens is 342 g/mol. The summed E-state index contributed by atoms with van der Waals surface area (Å²) >= 11 is 3.05. The number of carbonyl (C=O) groups excluding carboxylic acids is 1. The SMILES string of the molecule is O=C(Cc1cn2ccsc2n1)Nc1nc(CN2CCCCC2)cs1. The van der Waals surface area contributed by atoms with Gasteiger partial charge in [-0.25, -0.2) is 9.97 Å². The minimum atomic E-state index is -0.0698. The fourth-order valence-electron chi connectivity index (χ4n) is 2.97. The van der Waals surface area contributed by atoms with Crippen molar-refractivity contribution in [2.24, 2.45) is 0 Å². The fourth-order valence-corrected chi connectivity index (χ4v) is 4.41. The van der Waals surface area contributed by atoms with E-state index in [1.807, 2.05) is 27.6 Å². The molecule has 1 aliphatic rings. The van der Waals surface area contributed by atoms with Crippen molar-refractivity contribution in [2.75, 3.05) is 18.4 Å². The first-order chi connectivity index (χ1) is 11.8. The smallest absolute Gasteiger partial charge is 0.232 e. The van der Waals surface area contributed by atoms with Gasteiger partial charge in [0.2, 0.25) is 5.91 Å². The predicted molar refractivity (Wildman–Crippen MR) is 96.6 cm³/mol. The minimum absolute atomic E-state index is 0.0698. The maximum atomic E-state index is 12.2. The van der Waals surface area contributed by atoms with Gasteiger partial charge in [0.15, 0.2) is 10.1 Å². The summed E-state index contributed by atoms with van der Waals surface area (Å²) in [7, 11) is 0. The van der Waals surface area contributed by atoms with Crippen molar-refractivity contribution in [1.29, 1.82) is 0 Å². The number of rotatable bonds is 5. The van der Waals surface area contributed by atoms with Crippen LogP contribution < -0.4 is 5.32 Å². The van der Waals surface area contributed by atoms with Gasteiger partial charge in [-0.2, -0.15) is 0 Å². The Morgan fingerprint density at radius 1 is 1.17 bits per heavy atom. The van der Waals surface area contributed by atoms with Crippen molar-refractivity contribution in [3.05, 3.63) is 34.5 Å². The summed E-state index contributed by atoms with van der Waals surface area (Å²) in [5.41, 5.74) is 1.82. The summed E-state index contributed by atoms with van der Waals surface area (Å²) in [6.45, 7) is 3.18. The monoisotopic (exact) mass is 361 g/mol. The molecule has 0 aromatic carbocycles. The number of anilines is 1. The molecule has 1 aliphatic heterocycles. The molecule has 6 nitrogen and oxygen atoms in total. The zero-order valence-corrected chi connectivity index (χ0v) is 14.9. The van der Waals surface area contributed by atoms with Crippen LogP contribution in [-0.2, 0) is 17.8 Å². The number of hydrogen-bond donors (Lipinski definition) is 1. The van der Waals surface area contributed by atoms with E-state index in [1.165, 1.54) is 30.6 Å². The molecule has 1 N–H and O–H groups in total. The van der Waals surface area contributed by atoms with Crippen LogP contribution in [0, 0.1) is 0 Å². The molecule has 0 saturated carbocycles. The van der Waals surface area contributed by atoms with E-state index in [0.29, 0.717) is 5.13 Å². The zero-order valence-electron chi connectivity index (χ0n) is 13.3. The molecule has 0 aliphatic carbocycles. The highest BCUT2D eigenvalue weighted by Gasteiger charge is 2.14. The fraction of sp³-hybridized carbons (Fsp3) is 0.438. The van der Waals surface area contributed by atoms with Gasteiger partial charge in [-0.05, 0) is 25.9 Å². The molecular formula is C16H19N5OS2. The van der Waals surface area contributed by atoms with E-state index in [9.17, 15) is 4.79 Å². The highest BCUT2D eigenvalue weighted by molar-refractivity contribution is 7.15. The second-order valence-corrected chi connectivity index (χ2v) is 7.76. The summed E-state index contributed by atoms with van der Waals surface area (Å²) in [5, 5.41) is 7.58. The minimum Gasteiger partial charge on any atom is -0.302 e. The number of aromatic nitrogens is 3. The quantitative estimate of drug-likeness (QED) is 0.759. The Labute approximate surface area is 148 Å². The second-order valence-electron chi connectivity index (χ2n) is 6.03. The van der Waals surface area contributed by atoms with Crippen molar-refractivity contribution in [2.45, 2.75) is 32.2 Å². The van der Waals surface area contributed by atoms with E-state index >= 15 is 0 Å². The number of thiazole rings is 2. The predicted octanol–water partition coefficient (Wildman–Crippen LogP) is 3.02. The standard InChI is InChI=1S/C16H19N5OS2/c22-14(8-12-10-21-6-7-23-16(21)18-12)19-15-17-13(11-24-15)9-20-4-2-1-3-5-20/h6-7,10-11H,1-5,8-9H2,(H,17,19,22). The van der Waals surface area contributed by atoms with Gasteiger partial charge in [-0.15, -0.1) is 22.7 Å². The third-order valence-corrected chi connectivity index (χ3v) is 5.69. The normalized spacial score (nSPS) is 15.8. The molecule has 8 heteroatoms. The molecule has 24 heavy (non-hydrogen) atoms. The van der Waals surface area contributed by atoms with Crippen LogP contribution in [0.5, 0.6) is 0 Å². The summed E-state index contributed by atoms with van der Waals surface area (Å²) < 4.78 is 1.94. The van der Waals surface area contributed by atoms with E-state index in [1.54, 1.807) is 11.3 Å². The van der Waals surface area contributed by atoms with Gasteiger partial charge in [-0.1, -0.05) is 6.42 Å². The largest absolute Gasteiger partial charge is 0.302 e. The van der Waals surface area contributed by atoms with E-state index in [4.69, 9.17) is 0 Å². The number of nitrogens with one attached hydrogen (secondary N) is 1. The highest BCUT2D eigenvalue weighted by atomic mass is 32.1. The Bertz CT molecular complexity index is 802. The summed E-state index contributed by atoms with van der Waals surface area (Å²) in [5.74, 6) is -0.0698. The topological polar surface area (TPSA) is 62.5 Å². The van der Waals surface area contributed by atoms with Gasteiger partial charge in [0.05, 0.1) is 17.8 Å². The molecule has 4 heterocycles. The average Bonchev–Trinajstić information content (AvgIpc) is 3.25. The molecule has 0 atom stereocenters. The first-order valence-corrected chi connectivity index (χ1v) is 9.90. The van der Waals surface area contributed by atoms with Crippen LogP contribution in [0.3, 0.4) is 0 Å². The molecule has 1 fully saturated rings. The van der Waals surface area contributed by atoms with E-state index in [0.717, 1.165) is 36.0 Å². The number of imidazole rings is 1. The van der Waals surface area contributed by atoms with Crippen molar-refractivity contribution in [3.63, 3.8) is 0 Å². The molecule has 1 amide bonds. The van der Waals surface area contributed by atoms with E-state index in [-0.39, 0.29) is 12.3 Å². The maximum absolute atomic E-state index is 12.2. The van der Waals surface area contributed by atoms with Crippen LogP contribution in [0.2, 0.25) is 0 Å². The number of fused-ring (bicyclic) bond motifs is 1. The molecule has 4 rings (SSSR count). The summed E-state index contributed by atoms with van der Waals surface area (Å²) in [4.78, 5) is 24.5. The van der Waals surface area contributed by atoms with Gasteiger partial charge in [-0.3, -0.25) is 14.1 Å². The summed E-state index contributed by atoms with van der Waals surface area (Å²) in [6, 6.07) is 0. The number of carbonyl (C=O) groups is 1. The molecule has 126 valence electrons. The van der Waals surface area contributed by atoms with Crippen LogP contribution in [0.4, 0.5) is 5.13 Å². The Balaban J connectivity index is 1.33. The van der Waals surface area contributed by atoms with Crippen LogP contribution in [0.15, 0.2) is 23.2 Å². The third-order valence-electron chi connectivity index (χ3n) is 4.12. The zero-order chi connectivity index (χ0) is 16.4. The van der Waals surface area contributed by atoms with Crippen LogP contribution >= 0.6 is 22.7 Å². The molecule has 1 saturated heterocycles. The van der Waals surface area contributed by atoms with Crippen LogP contribution in [-0.4, -0.2) is 38.3 Å². The Kier molecular flexibility index (Phi) is 4.59. The lowest BCUT2D eigenvalue weighted by atomic mass is 10.1. The van der Waals surface area contributed by atoms with Gasteiger partial charge >= 0.3 is 0 Å². The molecule has 0 spiro atoms. The van der Waals surface area contributed by atoms with Gasteiger partial charge in [0, 0.05) is 29.7 Å². The number of piperidine rings is 1. The second kappa shape index (κ2) is 7.00. The lowest BCUT2D eigenvalue weighted by Gasteiger charge is -2.25. The molecule has 3 aromatic heterocycles. The van der Waals surface area contributed by atoms with Crippen molar-refractivity contribution >= 4 is 38.7 Å². The van der Waals surface area contributed by atoms with Gasteiger partial charge in [0.25, 0.3) is 0 Å². The lowest BCUT2D eigenvalue weighted by Crippen LogP contribution is -2.29. The molecule has 0 radical (unpaired) electrons. The van der Waals surface area contributed by atoms with Crippen LogP contribution in [0.1, 0.15) is 30.7 Å². The van der Waals surface area contributed by atoms with E-state index < -0.39 is 0 Å². The average molecular weight is 361 g/mol. The number of hydrogen-bond acceptors (Lipinski definition) is 6. The first kappa shape index (κ1) is 15.7. The number of nitrogens with zero attached hydrogens (tertiary/aromatic N) is 4. The maximum Gasteiger partial charge on any atom is 0.232 e. The van der Waals surface area contributed by atoms with Crippen molar-refractivity contribution in [1.82, 2.24) is 19.3 Å². The van der Waals surface area contributed by atoms with Crippen molar-refractivity contribution in [3.8, 4) is 0 Å². The first-order valence-electron chi connectivity index (χ1n) is 8.14.